The number of hydrogen-bond donors (Lipinski definition) is 1. The van der Waals surface area contributed by atoms with Gasteiger partial charge in [-0.2, -0.15) is 0 Å². The van der Waals surface area contributed by atoms with Gasteiger partial charge in [-0.1, -0.05) is 6.07 Å². The third kappa shape index (κ3) is 1.92. The number of hydrogen-bond acceptors (Lipinski definition) is 3. The number of methoxy groups -OCH3 is 2. The van der Waals surface area contributed by atoms with Crippen LogP contribution in [0.15, 0.2) is 18.2 Å². The molecule has 0 spiro atoms. The van der Waals surface area contributed by atoms with E-state index >= 15 is 0 Å². The molecule has 0 saturated carbocycles. The van der Waals surface area contributed by atoms with Crippen molar-refractivity contribution in [2.45, 2.75) is 6.10 Å². The quantitative estimate of drug-likeness (QED) is 0.769. The minimum Gasteiger partial charge on any atom is -0.496 e. The first-order chi connectivity index (χ1) is 6.20. The summed E-state index contributed by atoms with van der Waals surface area (Å²) in [5.41, 5.74) is 0.576. The van der Waals surface area contributed by atoms with Crippen LogP contribution in [-0.4, -0.2) is 19.3 Å². The van der Waals surface area contributed by atoms with Crippen molar-refractivity contribution in [3.8, 4) is 11.5 Å². The highest BCUT2D eigenvalue weighted by molar-refractivity contribution is 5.46. The Morgan fingerprint density at radius 1 is 1.23 bits per heavy atom. The molecule has 1 N–H and O–H groups in total. The molecule has 3 heteroatoms. The maximum absolute atomic E-state index is 9.38. The van der Waals surface area contributed by atoms with Crippen LogP contribution in [0, 0.1) is 6.92 Å². The van der Waals surface area contributed by atoms with Crippen LogP contribution in [-0.2, 0) is 0 Å². The average Bonchev–Trinajstić information content (AvgIpc) is 2.16. The fraction of sp³-hybridized carbons (Fsp3) is 0.300. The molecule has 0 saturated heterocycles. The van der Waals surface area contributed by atoms with Gasteiger partial charge < -0.3 is 14.6 Å². The largest absolute Gasteiger partial charge is 0.496 e. The van der Waals surface area contributed by atoms with Gasteiger partial charge in [0.05, 0.1) is 25.9 Å². The second-order valence-corrected chi connectivity index (χ2v) is 2.59. The third-order valence-electron chi connectivity index (χ3n) is 1.80. The van der Waals surface area contributed by atoms with Crippen molar-refractivity contribution >= 4 is 0 Å². The van der Waals surface area contributed by atoms with Crippen molar-refractivity contribution in [1.82, 2.24) is 0 Å². The normalized spacial score (nSPS) is 12.3. The molecule has 1 rings (SSSR count). The lowest BCUT2D eigenvalue weighted by Crippen LogP contribution is -2.00. The second-order valence-electron chi connectivity index (χ2n) is 2.59. The Balaban J connectivity index is 3.21. The van der Waals surface area contributed by atoms with Gasteiger partial charge in [0.15, 0.2) is 0 Å². The minimum atomic E-state index is -0.842. The van der Waals surface area contributed by atoms with Crippen molar-refractivity contribution in [3.63, 3.8) is 0 Å². The summed E-state index contributed by atoms with van der Waals surface area (Å²) in [6, 6.07) is 5.31. The Kier molecular flexibility index (Phi) is 3.14. The zero-order chi connectivity index (χ0) is 9.84. The predicted octanol–water partition coefficient (Wildman–Crippen LogP) is 1.57. The lowest BCUT2D eigenvalue weighted by atomic mass is 10.1. The van der Waals surface area contributed by atoms with Gasteiger partial charge in [0.2, 0.25) is 0 Å². The smallest absolute Gasteiger partial charge is 0.128 e. The van der Waals surface area contributed by atoms with Gasteiger partial charge in [-0.15, -0.1) is 0 Å². The maximum atomic E-state index is 9.38. The van der Waals surface area contributed by atoms with Gasteiger partial charge >= 0.3 is 0 Å². The summed E-state index contributed by atoms with van der Waals surface area (Å²) in [6.45, 7) is 3.52. The minimum absolute atomic E-state index is 0.576. The van der Waals surface area contributed by atoms with E-state index in [4.69, 9.17) is 9.47 Å². The van der Waals surface area contributed by atoms with Gasteiger partial charge in [-0.25, -0.2) is 0 Å². The first-order valence-electron chi connectivity index (χ1n) is 3.92. The Bertz CT molecular complexity index is 259. The van der Waals surface area contributed by atoms with Crippen molar-refractivity contribution in [3.05, 3.63) is 30.7 Å². The maximum Gasteiger partial charge on any atom is 0.128 e. The number of rotatable bonds is 3. The zero-order valence-corrected chi connectivity index (χ0v) is 7.78. The zero-order valence-electron chi connectivity index (χ0n) is 7.78. The van der Waals surface area contributed by atoms with Crippen LogP contribution in [0.2, 0.25) is 0 Å². The van der Waals surface area contributed by atoms with E-state index in [0.29, 0.717) is 17.1 Å². The SMILES string of the molecule is [CH2]C(O)c1c(OC)cccc1OC. The van der Waals surface area contributed by atoms with Crippen molar-refractivity contribution in [2.75, 3.05) is 14.2 Å². The van der Waals surface area contributed by atoms with Gasteiger partial charge in [0.1, 0.15) is 11.5 Å². The molecule has 1 atom stereocenters. The van der Waals surface area contributed by atoms with Crippen LogP contribution >= 0.6 is 0 Å². The summed E-state index contributed by atoms with van der Waals surface area (Å²) in [4.78, 5) is 0. The monoisotopic (exact) mass is 181 g/mol. The molecule has 13 heavy (non-hydrogen) atoms. The summed E-state index contributed by atoms with van der Waals surface area (Å²) in [7, 11) is 3.08. The molecule has 0 bridgehead atoms. The fourth-order valence-corrected chi connectivity index (χ4v) is 1.21. The predicted molar refractivity (Wildman–Crippen MR) is 49.9 cm³/mol. The molecule has 0 amide bonds. The Morgan fingerprint density at radius 2 is 1.69 bits per heavy atom. The molecule has 0 aliphatic heterocycles. The standard InChI is InChI=1S/C10H13O3/c1-7(11)10-8(12-2)5-4-6-9(10)13-3/h4-7,11H,1H2,2-3H3. The van der Waals surface area contributed by atoms with E-state index in [1.807, 2.05) is 0 Å². The molecule has 0 aliphatic carbocycles. The highest BCUT2D eigenvalue weighted by Gasteiger charge is 2.13. The topological polar surface area (TPSA) is 38.7 Å². The van der Waals surface area contributed by atoms with Crippen LogP contribution in [0.25, 0.3) is 0 Å². The van der Waals surface area contributed by atoms with Gasteiger partial charge in [-0.3, -0.25) is 0 Å². The molecule has 3 nitrogen and oxygen atoms in total. The first kappa shape index (κ1) is 9.86. The molecule has 0 aliphatic rings. The summed E-state index contributed by atoms with van der Waals surface area (Å²) in [5, 5.41) is 9.38. The highest BCUT2D eigenvalue weighted by atomic mass is 16.5. The molecule has 0 aromatic heterocycles. The molecule has 0 heterocycles. The van der Waals surface area contributed by atoms with E-state index in [2.05, 4.69) is 6.92 Å². The summed E-state index contributed by atoms with van der Waals surface area (Å²) < 4.78 is 10.1. The van der Waals surface area contributed by atoms with Gasteiger partial charge in [0.25, 0.3) is 0 Å². The van der Waals surface area contributed by atoms with E-state index in [1.165, 1.54) is 0 Å². The summed E-state index contributed by atoms with van der Waals surface area (Å²) in [5.74, 6) is 1.17. The summed E-state index contributed by atoms with van der Waals surface area (Å²) >= 11 is 0. The first-order valence-corrected chi connectivity index (χ1v) is 3.92. The molecular formula is C10H13O3. The third-order valence-corrected chi connectivity index (χ3v) is 1.80. The van der Waals surface area contributed by atoms with E-state index in [1.54, 1.807) is 32.4 Å². The van der Waals surface area contributed by atoms with Gasteiger partial charge in [0, 0.05) is 0 Å². The number of aliphatic hydroxyl groups excluding tert-OH is 1. The van der Waals surface area contributed by atoms with E-state index in [9.17, 15) is 5.11 Å². The van der Waals surface area contributed by atoms with E-state index in [-0.39, 0.29) is 0 Å². The lowest BCUT2D eigenvalue weighted by molar-refractivity contribution is 0.214. The molecule has 1 radical (unpaired) electrons. The van der Waals surface area contributed by atoms with Crippen LogP contribution < -0.4 is 9.47 Å². The molecule has 71 valence electrons. The van der Waals surface area contributed by atoms with Crippen LogP contribution in [0.5, 0.6) is 11.5 Å². The molecular weight excluding hydrogens is 168 g/mol. The lowest BCUT2D eigenvalue weighted by Gasteiger charge is -2.14. The molecule has 0 fully saturated rings. The van der Waals surface area contributed by atoms with Crippen molar-refractivity contribution < 1.29 is 14.6 Å². The Morgan fingerprint density at radius 3 is 2.00 bits per heavy atom. The molecule has 1 unspecified atom stereocenters. The highest BCUT2D eigenvalue weighted by Crippen LogP contribution is 2.33. The van der Waals surface area contributed by atoms with Crippen molar-refractivity contribution in [2.24, 2.45) is 0 Å². The van der Waals surface area contributed by atoms with Crippen LogP contribution in [0.3, 0.4) is 0 Å². The number of aliphatic hydroxyl groups is 1. The number of ether oxygens (including phenoxy) is 2. The Hall–Kier alpha value is -1.22. The second kappa shape index (κ2) is 4.14. The Labute approximate surface area is 77.9 Å². The number of benzene rings is 1. The van der Waals surface area contributed by atoms with Crippen molar-refractivity contribution in [1.29, 1.82) is 0 Å². The van der Waals surface area contributed by atoms with E-state index in [0.717, 1.165) is 0 Å². The fourth-order valence-electron chi connectivity index (χ4n) is 1.21. The molecule has 1 aromatic rings. The molecule has 1 aromatic carbocycles. The summed E-state index contributed by atoms with van der Waals surface area (Å²) in [6.07, 6.45) is -0.842. The van der Waals surface area contributed by atoms with Gasteiger partial charge in [-0.05, 0) is 19.1 Å². The average molecular weight is 181 g/mol. The van der Waals surface area contributed by atoms with E-state index < -0.39 is 6.10 Å². The van der Waals surface area contributed by atoms with Crippen LogP contribution in [0.1, 0.15) is 11.7 Å². The van der Waals surface area contributed by atoms with Crippen LogP contribution in [0.4, 0.5) is 0 Å².